The van der Waals surface area contributed by atoms with Crippen LogP contribution in [0.5, 0.6) is 5.75 Å². The normalized spacial score (nSPS) is 11.2. The van der Waals surface area contributed by atoms with Gasteiger partial charge in [-0.05, 0) is 0 Å². The molecule has 0 saturated carbocycles. The van der Waals surface area contributed by atoms with Gasteiger partial charge >= 0.3 is 105 Å². The van der Waals surface area contributed by atoms with Crippen molar-refractivity contribution in [1.82, 2.24) is 0 Å². The first-order valence-corrected chi connectivity index (χ1v) is 10.2. The number of aryl methyl sites for hydroxylation is 1. The van der Waals surface area contributed by atoms with Crippen LogP contribution in [0, 0.1) is 0 Å². The predicted octanol–water partition coefficient (Wildman–Crippen LogP) is 0.314. The summed E-state index contributed by atoms with van der Waals surface area (Å²) in [4.78, 5) is 0. The maximum absolute atomic E-state index is 5.68. The SMILES string of the molecule is CCCc1ccccc1[O][SnH2][O][SnH3]. The van der Waals surface area contributed by atoms with E-state index in [1.54, 1.807) is 0 Å². The molecular weight excluding hydrogens is 378 g/mol. The second-order valence-electron chi connectivity index (χ2n) is 2.91. The molecule has 0 aliphatic rings. The first-order valence-electron chi connectivity index (χ1n) is 4.58. The van der Waals surface area contributed by atoms with Crippen molar-refractivity contribution >= 4 is 44.9 Å². The van der Waals surface area contributed by atoms with Crippen LogP contribution in [0.2, 0.25) is 0 Å². The molecule has 0 N–H and O–H groups in total. The molecule has 0 radical (unpaired) electrons. The van der Waals surface area contributed by atoms with Gasteiger partial charge in [-0.2, -0.15) is 0 Å². The van der Waals surface area contributed by atoms with Crippen molar-refractivity contribution in [2.75, 3.05) is 0 Å². The average Bonchev–Trinajstić information content (AvgIpc) is 2.17. The third kappa shape index (κ3) is 4.08. The van der Waals surface area contributed by atoms with Crippen molar-refractivity contribution < 1.29 is 4.49 Å². The van der Waals surface area contributed by atoms with Crippen molar-refractivity contribution in [3.05, 3.63) is 29.8 Å². The fourth-order valence-corrected chi connectivity index (χ4v) is 5.00. The van der Waals surface area contributed by atoms with Crippen LogP contribution in [-0.4, -0.2) is 44.9 Å². The van der Waals surface area contributed by atoms with Crippen molar-refractivity contribution in [1.29, 1.82) is 0 Å². The molecule has 0 heterocycles. The van der Waals surface area contributed by atoms with Gasteiger partial charge in [0.25, 0.3) is 0 Å². The third-order valence-corrected chi connectivity index (χ3v) is 8.23. The van der Waals surface area contributed by atoms with Gasteiger partial charge in [-0.1, -0.05) is 0 Å². The Bertz CT molecular complexity index is 253. The molecule has 0 amide bonds. The molecule has 0 aromatic heterocycles. The van der Waals surface area contributed by atoms with Crippen molar-refractivity contribution in [2.45, 2.75) is 19.8 Å². The average molecular weight is 394 g/mol. The summed E-state index contributed by atoms with van der Waals surface area (Å²) in [6.45, 7) is 2.19. The molecule has 1 aromatic carbocycles. The van der Waals surface area contributed by atoms with Gasteiger partial charge in [0.2, 0.25) is 0 Å². The summed E-state index contributed by atoms with van der Waals surface area (Å²) in [5, 5.41) is 0. The molecule has 4 heteroatoms. The molecule has 0 spiro atoms. The van der Waals surface area contributed by atoms with Gasteiger partial charge in [-0.15, -0.1) is 0 Å². The molecule has 0 fully saturated rings. The number of para-hydroxylation sites is 1. The summed E-state index contributed by atoms with van der Waals surface area (Å²) >= 11 is -0.946. The Morgan fingerprint density at radius 3 is 2.85 bits per heavy atom. The predicted molar refractivity (Wildman–Crippen MR) is 60.6 cm³/mol. The van der Waals surface area contributed by atoms with E-state index in [4.69, 9.17) is 4.49 Å². The minimum absolute atomic E-state index is 0.357. The number of hydrogen-bond acceptors (Lipinski definition) is 2. The Labute approximate surface area is 104 Å². The molecular formula is C9H16O2Sn2. The first-order chi connectivity index (χ1) is 6.38. The second kappa shape index (κ2) is 6.95. The Morgan fingerprint density at radius 1 is 1.38 bits per heavy atom. The Balaban J connectivity index is 2.66. The van der Waals surface area contributed by atoms with E-state index in [0.717, 1.165) is 12.2 Å². The van der Waals surface area contributed by atoms with Gasteiger partial charge in [0, 0.05) is 0 Å². The zero-order chi connectivity index (χ0) is 9.52. The van der Waals surface area contributed by atoms with Gasteiger partial charge in [-0.3, -0.25) is 0 Å². The van der Waals surface area contributed by atoms with Crippen LogP contribution in [0.3, 0.4) is 0 Å². The Hall–Kier alpha value is 0.577. The van der Waals surface area contributed by atoms with Crippen molar-refractivity contribution in [3.8, 4) is 5.75 Å². The molecule has 0 unspecified atom stereocenters. The van der Waals surface area contributed by atoms with Gasteiger partial charge in [0.15, 0.2) is 0 Å². The topological polar surface area (TPSA) is 18.5 Å². The fourth-order valence-electron chi connectivity index (χ4n) is 1.24. The molecule has 13 heavy (non-hydrogen) atoms. The van der Waals surface area contributed by atoms with E-state index in [2.05, 4.69) is 25.1 Å². The van der Waals surface area contributed by atoms with Crippen LogP contribution in [0.25, 0.3) is 0 Å². The molecule has 72 valence electrons. The Kier molecular flexibility index (Phi) is 6.23. The van der Waals surface area contributed by atoms with Crippen LogP contribution >= 0.6 is 0 Å². The summed E-state index contributed by atoms with van der Waals surface area (Å²) in [5.74, 6) is 1.06. The van der Waals surface area contributed by atoms with Gasteiger partial charge in [0.05, 0.1) is 0 Å². The van der Waals surface area contributed by atoms with Gasteiger partial charge in [0.1, 0.15) is 0 Å². The van der Waals surface area contributed by atoms with Crippen molar-refractivity contribution in [3.63, 3.8) is 0 Å². The van der Waals surface area contributed by atoms with Gasteiger partial charge in [-0.25, -0.2) is 0 Å². The number of benzene rings is 1. The van der Waals surface area contributed by atoms with E-state index in [1.807, 2.05) is 6.07 Å². The monoisotopic (exact) mass is 396 g/mol. The molecule has 2 nitrogen and oxygen atoms in total. The molecule has 0 aliphatic carbocycles. The summed E-state index contributed by atoms with van der Waals surface area (Å²) in [6.07, 6.45) is 2.27. The van der Waals surface area contributed by atoms with E-state index in [0.29, 0.717) is 22.9 Å². The maximum atomic E-state index is 5.68. The first kappa shape index (κ1) is 11.7. The van der Waals surface area contributed by atoms with Crippen LogP contribution in [0.1, 0.15) is 18.9 Å². The fraction of sp³-hybridized carbons (Fsp3) is 0.333. The van der Waals surface area contributed by atoms with E-state index < -0.39 is 22.0 Å². The standard InChI is InChI=1S/C9H12O.O.2Sn.5H/c1-2-5-8-6-3-4-7-9(8)10;;;;;;;;/h3-4,6-7,10H,2,5H2,1H3;;;;;;;;/q;;;+1;;;;;/p-1. The van der Waals surface area contributed by atoms with Crippen LogP contribution in [0.15, 0.2) is 24.3 Å². The third-order valence-electron chi connectivity index (χ3n) is 1.82. The number of hydrogen-bond donors (Lipinski definition) is 0. The van der Waals surface area contributed by atoms with E-state index in [-0.39, 0.29) is 0 Å². The van der Waals surface area contributed by atoms with E-state index in [9.17, 15) is 0 Å². The summed E-state index contributed by atoms with van der Waals surface area (Å²) in [6, 6.07) is 8.29. The van der Waals surface area contributed by atoms with E-state index in [1.165, 1.54) is 12.0 Å². The molecule has 0 bridgehead atoms. The zero-order valence-corrected chi connectivity index (χ0v) is 18.0. The Morgan fingerprint density at radius 2 is 2.15 bits per heavy atom. The molecule has 0 saturated heterocycles. The van der Waals surface area contributed by atoms with Crippen LogP contribution < -0.4 is 3.07 Å². The summed E-state index contributed by atoms with van der Waals surface area (Å²) in [7, 11) is 0. The summed E-state index contributed by atoms with van der Waals surface area (Å²) < 4.78 is 11.0. The number of rotatable bonds is 5. The second-order valence-corrected chi connectivity index (χ2v) is 17.1. The van der Waals surface area contributed by atoms with E-state index >= 15 is 0 Å². The van der Waals surface area contributed by atoms with Crippen molar-refractivity contribution in [2.24, 2.45) is 0 Å². The summed E-state index contributed by atoms with van der Waals surface area (Å²) in [5.41, 5.74) is 1.33. The molecule has 0 aliphatic heterocycles. The van der Waals surface area contributed by atoms with Crippen LogP contribution in [-0.2, 0) is 7.83 Å². The zero-order valence-electron chi connectivity index (χ0n) is 8.25. The van der Waals surface area contributed by atoms with Gasteiger partial charge < -0.3 is 0 Å². The molecule has 1 aromatic rings. The molecule has 0 atom stereocenters. The quantitative estimate of drug-likeness (QED) is 0.671. The molecule has 1 rings (SSSR count). The minimum atomic E-state index is -1.30. The van der Waals surface area contributed by atoms with Crippen LogP contribution in [0.4, 0.5) is 0 Å².